The number of allylic oxidation sites excluding steroid dienone is 2. The van der Waals surface area contributed by atoms with Crippen molar-refractivity contribution in [3.05, 3.63) is 11.1 Å². The SMILES string of the molecule is CC#CC(C)C.CC(=O)C(C)C.CC(=O)OC(C)C.CC(C)=C(C)C(C)C.CC(C)S(C)(=O)=O.CCC(C)C.COC(=O)C(C)C.COC(C)C.CSC(C)C. The van der Waals surface area contributed by atoms with Crippen molar-refractivity contribution in [1.29, 1.82) is 0 Å². The highest BCUT2D eigenvalue weighted by atomic mass is 32.2. The van der Waals surface area contributed by atoms with Crippen LogP contribution in [0.2, 0.25) is 0 Å². The molecule has 0 saturated heterocycles. The van der Waals surface area contributed by atoms with E-state index in [1.54, 1.807) is 41.7 Å². The molecule has 0 bridgehead atoms. The van der Waals surface area contributed by atoms with Crippen molar-refractivity contribution in [2.75, 3.05) is 26.7 Å². The Labute approximate surface area is 356 Å². The number of sulfone groups is 1. The van der Waals surface area contributed by atoms with E-state index in [0.717, 1.165) is 17.1 Å². The fourth-order valence-corrected chi connectivity index (χ4v) is 1.43. The summed E-state index contributed by atoms with van der Waals surface area (Å²) in [6.07, 6.45) is 5.06. The van der Waals surface area contributed by atoms with Gasteiger partial charge in [0.05, 0.1) is 30.5 Å². The van der Waals surface area contributed by atoms with Crippen LogP contribution in [0.15, 0.2) is 11.1 Å². The predicted molar refractivity (Wildman–Crippen MR) is 252 cm³/mol. The summed E-state index contributed by atoms with van der Waals surface area (Å²) >= 11 is 1.88. The summed E-state index contributed by atoms with van der Waals surface area (Å²) in [5, 5.41) is 0.572. The smallest absolute Gasteiger partial charge is 0.308 e. The molecule has 0 spiro atoms. The van der Waals surface area contributed by atoms with Crippen molar-refractivity contribution in [1.82, 2.24) is 0 Å². The van der Waals surface area contributed by atoms with E-state index >= 15 is 0 Å². The first-order valence-electron chi connectivity index (χ1n) is 20.1. The van der Waals surface area contributed by atoms with Crippen molar-refractivity contribution < 1.29 is 37.0 Å². The maximum Gasteiger partial charge on any atom is 0.308 e. The Balaban J connectivity index is -0.0000000637. The molecule has 0 aromatic carbocycles. The minimum Gasteiger partial charge on any atom is -0.469 e. The molecule has 56 heavy (non-hydrogen) atoms. The second-order valence-corrected chi connectivity index (χ2v) is 19.8. The number of ether oxygens (including phenoxy) is 3. The topological polar surface area (TPSA) is 113 Å². The van der Waals surface area contributed by atoms with Crippen molar-refractivity contribution >= 4 is 39.3 Å². The number of rotatable bonds is 8. The van der Waals surface area contributed by atoms with Crippen LogP contribution in [0, 0.1) is 41.4 Å². The lowest BCUT2D eigenvalue weighted by atomic mass is 10.0. The van der Waals surface area contributed by atoms with E-state index in [2.05, 4.69) is 111 Å². The third-order valence-corrected chi connectivity index (χ3v) is 9.25. The molecular weight excluding hydrogens is 745 g/mol. The molecule has 10 heteroatoms. The van der Waals surface area contributed by atoms with Crippen LogP contribution in [0.5, 0.6) is 0 Å². The molecule has 0 N–H and O–H groups in total. The first-order valence-corrected chi connectivity index (χ1v) is 23.3. The van der Waals surface area contributed by atoms with E-state index in [1.807, 2.05) is 60.2 Å². The standard InChI is InChI=1S/C8H16.C6H10.2C5H10O2.C5H10O.C5H12.C4H10O2S.C4H10O.C4H10S/c1-6(2)8(5)7(3)4;1-4-5-6(2)3;1-4(2)5(6)7-3;1-4(2)7-5(3)6;1-4(2)5(3)6;1-4-5(2)3;1-4(2)7(3,5)6;2*1-4(2)5-3/h6H,1-5H3;6H,1-3H3;2*4H,1-3H3;4H,1-3H3;5H,4H2,1-3H3;4H,1-3H3;2*4H,1-3H3. The number of Topliss-reactive ketones (excluding diaryl/α,β-unsaturated/α-hetero) is 1. The van der Waals surface area contributed by atoms with Crippen LogP contribution in [0.4, 0.5) is 0 Å². The van der Waals surface area contributed by atoms with Crippen molar-refractivity contribution in [2.45, 2.75) is 202 Å². The summed E-state index contributed by atoms with van der Waals surface area (Å²) in [4.78, 5) is 30.5. The van der Waals surface area contributed by atoms with Gasteiger partial charge in [0.1, 0.15) is 15.6 Å². The number of ketones is 1. The molecule has 8 nitrogen and oxygen atoms in total. The number of methoxy groups -OCH3 is 2. The zero-order valence-electron chi connectivity index (χ0n) is 42.5. The van der Waals surface area contributed by atoms with Gasteiger partial charge in [-0.3, -0.25) is 14.4 Å². The lowest BCUT2D eigenvalue weighted by molar-refractivity contribution is -0.145. The second kappa shape index (κ2) is 51.2. The summed E-state index contributed by atoms with van der Waals surface area (Å²) < 4.78 is 34.4. The molecule has 0 aliphatic carbocycles. The van der Waals surface area contributed by atoms with Crippen molar-refractivity contribution in [3.63, 3.8) is 0 Å². The van der Waals surface area contributed by atoms with Gasteiger partial charge in [-0.25, -0.2) is 8.42 Å². The Kier molecular flexibility index (Phi) is 68.6. The van der Waals surface area contributed by atoms with E-state index in [4.69, 9.17) is 4.74 Å². The summed E-state index contributed by atoms with van der Waals surface area (Å²) in [5.41, 5.74) is 2.98. The maximum absolute atomic E-state index is 10.3. The molecule has 0 amide bonds. The lowest BCUT2D eigenvalue weighted by Crippen LogP contribution is -2.10. The summed E-state index contributed by atoms with van der Waals surface area (Å²) in [7, 11) is 0.350. The predicted octanol–water partition coefficient (Wildman–Crippen LogP) is 13.0. The highest BCUT2D eigenvalue weighted by Gasteiger charge is 2.05. The summed E-state index contributed by atoms with van der Waals surface area (Å²) in [6.45, 7) is 49.4. The Morgan fingerprint density at radius 3 is 0.964 bits per heavy atom. The molecule has 0 aliphatic rings. The van der Waals surface area contributed by atoms with Gasteiger partial charge in [0.15, 0.2) is 0 Å². The molecule has 0 radical (unpaired) electrons. The Morgan fingerprint density at radius 1 is 0.661 bits per heavy atom. The van der Waals surface area contributed by atoms with E-state index in [1.165, 1.54) is 37.9 Å². The first-order chi connectivity index (χ1) is 25.0. The third kappa shape index (κ3) is 110. The maximum atomic E-state index is 10.3. The molecule has 0 aromatic heterocycles. The first kappa shape index (κ1) is 75.1. The van der Waals surface area contributed by atoms with Crippen LogP contribution in [-0.2, 0) is 38.4 Å². The highest BCUT2D eigenvalue weighted by molar-refractivity contribution is 7.99. The van der Waals surface area contributed by atoms with E-state index in [0.29, 0.717) is 12.0 Å². The average molecular weight is 843 g/mol. The number of carbonyl (C=O) groups is 3. The molecule has 0 heterocycles. The highest BCUT2D eigenvalue weighted by Crippen LogP contribution is 2.12. The molecule has 0 saturated carbocycles. The van der Waals surface area contributed by atoms with E-state index in [-0.39, 0.29) is 40.9 Å². The number of thioether (sulfide) groups is 1. The molecule has 0 aromatic rings. The molecule has 0 aliphatic heterocycles. The minimum absolute atomic E-state index is 0.00463. The van der Waals surface area contributed by atoms with Gasteiger partial charge in [0.25, 0.3) is 0 Å². The van der Waals surface area contributed by atoms with Gasteiger partial charge in [0, 0.05) is 32.1 Å². The van der Waals surface area contributed by atoms with Crippen LogP contribution in [0.25, 0.3) is 0 Å². The van der Waals surface area contributed by atoms with Crippen LogP contribution in [-0.4, -0.2) is 75.6 Å². The van der Waals surface area contributed by atoms with Gasteiger partial charge in [-0.15, -0.1) is 11.8 Å². The molecule has 0 rings (SSSR count). The van der Waals surface area contributed by atoms with Crippen LogP contribution < -0.4 is 0 Å². The fourth-order valence-electron chi connectivity index (χ4n) is 1.43. The molecule has 0 atom stereocenters. The summed E-state index contributed by atoms with van der Waals surface area (Å²) in [6, 6.07) is 0. The number of hydrogen-bond acceptors (Lipinski definition) is 9. The van der Waals surface area contributed by atoms with Gasteiger partial charge in [-0.1, -0.05) is 108 Å². The second-order valence-electron chi connectivity index (χ2n) is 15.7. The quantitative estimate of drug-likeness (QED) is 0.134. The van der Waals surface area contributed by atoms with Gasteiger partial charge >= 0.3 is 11.9 Å². The summed E-state index contributed by atoms with van der Waals surface area (Å²) in [5.74, 6) is 8.03. The fraction of sp³-hybridized carbons (Fsp3) is 0.848. The monoisotopic (exact) mass is 843 g/mol. The largest absolute Gasteiger partial charge is 0.469 e. The zero-order chi connectivity index (χ0) is 47.5. The number of esters is 2. The Morgan fingerprint density at radius 2 is 0.964 bits per heavy atom. The minimum atomic E-state index is -2.74. The number of hydrogen-bond donors (Lipinski definition) is 0. The van der Waals surface area contributed by atoms with Gasteiger partial charge < -0.3 is 14.2 Å². The van der Waals surface area contributed by atoms with Crippen LogP contribution >= 0.6 is 11.8 Å². The third-order valence-electron chi connectivity index (χ3n) is 6.59. The normalized spacial score (nSPS) is 9.61. The van der Waals surface area contributed by atoms with E-state index in [9.17, 15) is 22.8 Å². The van der Waals surface area contributed by atoms with Gasteiger partial charge in [-0.05, 0) is 99.5 Å². The van der Waals surface area contributed by atoms with E-state index < -0.39 is 9.84 Å². The Hall–Kier alpha value is -1.83. The van der Waals surface area contributed by atoms with Gasteiger partial charge in [-0.2, -0.15) is 11.8 Å². The van der Waals surface area contributed by atoms with Gasteiger partial charge in [0.2, 0.25) is 0 Å². The molecular formula is C46H98O8S2. The number of carbonyl (C=O) groups excluding carboxylic acids is 3. The lowest BCUT2D eigenvalue weighted by Gasteiger charge is -2.05. The van der Waals surface area contributed by atoms with Crippen LogP contribution in [0.3, 0.4) is 0 Å². The van der Waals surface area contributed by atoms with Crippen LogP contribution in [0.1, 0.15) is 180 Å². The molecule has 0 fully saturated rings. The van der Waals surface area contributed by atoms with Crippen molar-refractivity contribution in [2.24, 2.45) is 29.6 Å². The Bertz CT molecular complexity index is 1030. The average Bonchev–Trinajstić information content (AvgIpc) is 3.04. The zero-order valence-corrected chi connectivity index (χ0v) is 44.1. The molecule has 0 unspecified atom stereocenters. The van der Waals surface area contributed by atoms with Crippen molar-refractivity contribution in [3.8, 4) is 11.8 Å². The molecule has 342 valence electrons.